The molecule has 0 aliphatic carbocycles. The van der Waals surface area contributed by atoms with Crippen molar-refractivity contribution < 1.29 is 14.3 Å². The first-order valence-electron chi connectivity index (χ1n) is 8.18. The number of Topliss-reactive ketones (excluding diaryl/α,β-unsaturated/α-hetero) is 1. The van der Waals surface area contributed by atoms with Crippen molar-refractivity contribution in [1.29, 1.82) is 0 Å². The summed E-state index contributed by atoms with van der Waals surface area (Å²) in [4.78, 5) is 52.9. The molecule has 3 aromatic heterocycles. The van der Waals surface area contributed by atoms with E-state index in [-0.39, 0.29) is 11.4 Å². The highest BCUT2D eigenvalue weighted by atomic mass is 16.5. The quantitative estimate of drug-likeness (QED) is 0.458. The highest BCUT2D eigenvalue weighted by Gasteiger charge is 2.22. The van der Waals surface area contributed by atoms with E-state index in [1.807, 2.05) is 0 Å². The number of hydrogen-bond donors (Lipinski definition) is 1. The zero-order valence-electron chi connectivity index (χ0n) is 15.7. The summed E-state index contributed by atoms with van der Waals surface area (Å²) in [5, 5.41) is 4.90. The van der Waals surface area contributed by atoms with Crippen LogP contribution in [0.3, 0.4) is 0 Å². The van der Waals surface area contributed by atoms with Crippen LogP contribution in [0.15, 0.2) is 21.9 Å². The summed E-state index contributed by atoms with van der Waals surface area (Å²) in [6.07, 6.45) is 1.32. The van der Waals surface area contributed by atoms with Crippen LogP contribution in [0.2, 0.25) is 0 Å². The molecule has 0 atom stereocenters. The van der Waals surface area contributed by atoms with Crippen molar-refractivity contribution in [2.24, 2.45) is 21.1 Å². The van der Waals surface area contributed by atoms with Crippen molar-refractivity contribution in [2.75, 3.05) is 12.3 Å². The Kier molecular flexibility index (Phi) is 4.59. The summed E-state index contributed by atoms with van der Waals surface area (Å²) >= 11 is 0. The second kappa shape index (κ2) is 6.76. The molecule has 0 unspecified atom stereocenters. The SMILES string of the molecule is Cc1nn(C)c2ncc(C(=O)OCC(=O)c3c(N)n(C)c(=O)n(C)c3=O)cc12. The molecule has 0 aromatic carbocycles. The number of nitrogens with two attached hydrogens (primary N) is 1. The number of ketones is 1. The number of fused-ring (bicyclic) bond motifs is 1. The van der Waals surface area contributed by atoms with E-state index in [0.717, 1.165) is 9.13 Å². The third-order valence-corrected chi connectivity index (χ3v) is 4.42. The van der Waals surface area contributed by atoms with Crippen molar-refractivity contribution in [3.05, 3.63) is 49.9 Å². The van der Waals surface area contributed by atoms with Crippen LogP contribution < -0.4 is 17.0 Å². The average Bonchev–Trinajstić information content (AvgIpc) is 2.96. The molecule has 11 nitrogen and oxygen atoms in total. The highest BCUT2D eigenvalue weighted by Crippen LogP contribution is 2.17. The maximum absolute atomic E-state index is 12.4. The molecule has 0 saturated carbocycles. The number of hydrogen-bond acceptors (Lipinski definition) is 8. The predicted octanol–water partition coefficient (Wildman–Crippen LogP) is -0.704. The number of rotatable bonds is 4. The molecule has 0 aliphatic rings. The minimum atomic E-state index is -0.851. The molecule has 0 bridgehead atoms. The minimum absolute atomic E-state index is 0.137. The molecule has 0 radical (unpaired) electrons. The number of ether oxygens (including phenoxy) is 1. The monoisotopic (exact) mass is 386 g/mol. The van der Waals surface area contributed by atoms with Gasteiger partial charge in [0.1, 0.15) is 11.4 Å². The third-order valence-electron chi connectivity index (χ3n) is 4.42. The van der Waals surface area contributed by atoms with E-state index in [2.05, 4.69) is 10.1 Å². The summed E-state index contributed by atoms with van der Waals surface area (Å²) in [7, 11) is 4.29. The van der Waals surface area contributed by atoms with Gasteiger partial charge in [0.15, 0.2) is 12.3 Å². The molecule has 0 saturated heterocycles. The molecule has 0 aliphatic heterocycles. The van der Waals surface area contributed by atoms with Gasteiger partial charge in [-0.2, -0.15) is 5.10 Å². The van der Waals surface area contributed by atoms with Gasteiger partial charge in [-0.25, -0.2) is 14.6 Å². The van der Waals surface area contributed by atoms with Gasteiger partial charge in [-0.1, -0.05) is 0 Å². The van der Waals surface area contributed by atoms with Crippen LogP contribution >= 0.6 is 0 Å². The lowest BCUT2D eigenvalue weighted by molar-refractivity contribution is 0.0474. The maximum Gasteiger partial charge on any atom is 0.340 e. The molecule has 0 amide bonds. The number of anilines is 1. The lowest BCUT2D eigenvalue weighted by Crippen LogP contribution is -2.42. The van der Waals surface area contributed by atoms with Crippen LogP contribution in [0.1, 0.15) is 26.4 Å². The van der Waals surface area contributed by atoms with E-state index in [4.69, 9.17) is 10.5 Å². The molecule has 3 aromatic rings. The zero-order chi connectivity index (χ0) is 20.7. The lowest BCUT2D eigenvalue weighted by Gasteiger charge is -2.11. The van der Waals surface area contributed by atoms with Gasteiger partial charge in [0.25, 0.3) is 5.56 Å². The number of nitrogens with zero attached hydrogens (tertiary/aromatic N) is 5. The van der Waals surface area contributed by atoms with Gasteiger partial charge in [0, 0.05) is 32.7 Å². The van der Waals surface area contributed by atoms with Crippen molar-refractivity contribution in [2.45, 2.75) is 6.92 Å². The first-order valence-corrected chi connectivity index (χ1v) is 8.18. The fourth-order valence-electron chi connectivity index (χ4n) is 2.83. The number of aryl methyl sites for hydroxylation is 2. The number of nitrogen functional groups attached to an aromatic ring is 1. The molecule has 11 heteroatoms. The van der Waals surface area contributed by atoms with Gasteiger partial charge in [0.2, 0.25) is 5.78 Å². The fraction of sp³-hybridized carbons (Fsp3) is 0.294. The smallest absolute Gasteiger partial charge is 0.340 e. The van der Waals surface area contributed by atoms with Crippen molar-refractivity contribution in [1.82, 2.24) is 23.9 Å². The molecular formula is C17H18N6O5. The Morgan fingerprint density at radius 1 is 1.18 bits per heavy atom. The summed E-state index contributed by atoms with van der Waals surface area (Å²) in [5.41, 5.74) is 5.23. The van der Waals surface area contributed by atoms with Crippen LogP contribution in [0.25, 0.3) is 11.0 Å². The number of aromatic nitrogens is 5. The van der Waals surface area contributed by atoms with Gasteiger partial charge in [-0.15, -0.1) is 0 Å². The number of carbonyl (C=O) groups excluding carboxylic acids is 2. The summed E-state index contributed by atoms with van der Waals surface area (Å²) < 4.78 is 8.33. The summed E-state index contributed by atoms with van der Waals surface area (Å²) in [6, 6.07) is 1.57. The van der Waals surface area contributed by atoms with Crippen LogP contribution in [0.5, 0.6) is 0 Å². The number of pyridine rings is 1. The predicted molar refractivity (Wildman–Crippen MR) is 99.2 cm³/mol. The van der Waals surface area contributed by atoms with Crippen LogP contribution in [-0.4, -0.2) is 42.3 Å². The van der Waals surface area contributed by atoms with Gasteiger partial charge in [-0.05, 0) is 13.0 Å². The fourth-order valence-corrected chi connectivity index (χ4v) is 2.83. The topological polar surface area (TPSA) is 144 Å². The standard InChI is InChI=1S/C17H18N6O5/c1-8-10-5-9(6-19-14(10)23(4)20-8)16(26)28-7-11(24)12-13(18)21(2)17(27)22(3)15(12)25/h5-6H,7,18H2,1-4H3. The van der Waals surface area contributed by atoms with E-state index in [1.54, 1.807) is 24.7 Å². The van der Waals surface area contributed by atoms with Crippen LogP contribution in [-0.2, 0) is 25.9 Å². The summed E-state index contributed by atoms with van der Waals surface area (Å²) in [5.74, 6) is -1.89. The summed E-state index contributed by atoms with van der Waals surface area (Å²) in [6.45, 7) is 1.07. The Balaban J connectivity index is 1.84. The zero-order valence-corrected chi connectivity index (χ0v) is 15.7. The van der Waals surface area contributed by atoms with Gasteiger partial charge in [0.05, 0.1) is 11.3 Å². The lowest BCUT2D eigenvalue weighted by atomic mass is 10.2. The minimum Gasteiger partial charge on any atom is -0.454 e. The van der Waals surface area contributed by atoms with Crippen molar-refractivity contribution >= 4 is 28.6 Å². The first-order chi connectivity index (χ1) is 13.1. The van der Waals surface area contributed by atoms with Crippen LogP contribution in [0.4, 0.5) is 5.82 Å². The van der Waals surface area contributed by atoms with E-state index in [0.29, 0.717) is 16.7 Å². The Morgan fingerprint density at radius 3 is 2.54 bits per heavy atom. The highest BCUT2D eigenvalue weighted by molar-refractivity contribution is 6.02. The second-order valence-electron chi connectivity index (χ2n) is 6.27. The van der Waals surface area contributed by atoms with Gasteiger partial charge in [-0.3, -0.25) is 23.4 Å². The molecule has 3 heterocycles. The van der Waals surface area contributed by atoms with Gasteiger partial charge >= 0.3 is 11.7 Å². The Bertz CT molecular complexity index is 1250. The van der Waals surface area contributed by atoms with E-state index >= 15 is 0 Å². The Morgan fingerprint density at radius 2 is 1.86 bits per heavy atom. The largest absolute Gasteiger partial charge is 0.454 e. The molecule has 3 rings (SSSR count). The van der Waals surface area contributed by atoms with Gasteiger partial charge < -0.3 is 10.5 Å². The molecule has 0 fully saturated rings. The number of carbonyl (C=O) groups is 2. The molecule has 28 heavy (non-hydrogen) atoms. The number of esters is 1. The Hall–Kier alpha value is -3.76. The average molecular weight is 386 g/mol. The normalized spacial score (nSPS) is 11.0. The molecule has 2 N–H and O–H groups in total. The second-order valence-corrected chi connectivity index (χ2v) is 6.27. The van der Waals surface area contributed by atoms with E-state index in [9.17, 15) is 19.2 Å². The molecule has 146 valence electrons. The first kappa shape index (κ1) is 19.0. The van der Waals surface area contributed by atoms with Crippen molar-refractivity contribution in [3.63, 3.8) is 0 Å². The Labute approximate surface area is 158 Å². The molecular weight excluding hydrogens is 368 g/mol. The van der Waals surface area contributed by atoms with E-state index in [1.165, 1.54) is 20.3 Å². The maximum atomic E-state index is 12.4. The van der Waals surface area contributed by atoms with E-state index < -0.39 is 35.2 Å². The van der Waals surface area contributed by atoms with Crippen LogP contribution in [0, 0.1) is 6.92 Å². The van der Waals surface area contributed by atoms with Crippen molar-refractivity contribution in [3.8, 4) is 0 Å². The molecule has 0 spiro atoms. The third kappa shape index (κ3) is 2.96.